The summed E-state index contributed by atoms with van der Waals surface area (Å²) in [7, 11) is -0.943. The molecule has 0 saturated heterocycles. The number of thiazole rings is 1. The first-order chi connectivity index (χ1) is 8.74. The Kier molecular flexibility index (Phi) is 3.35. The summed E-state index contributed by atoms with van der Waals surface area (Å²) in [6, 6.07) is 5.66. The molecule has 1 saturated carbocycles. The van der Waals surface area contributed by atoms with Crippen LogP contribution in [0.5, 0.6) is 0 Å². The lowest BCUT2D eigenvalue weighted by Gasteiger charge is -2.19. The average molecular weight is 280 g/mol. The van der Waals surface area contributed by atoms with Crippen LogP contribution in [-0.4, -0.2) is 14.4 Å². The van der Waals surface area contributed by atoms with E-state index in [2.05, 4.69) is 4.98 Å². The van der Waals surface area contributed by atoms with Crippen molar-refractivity contribution in [3.8, 4) is 0 Å². The van der Waals surface area contributed by atoms with Gasteiger partial charge in [0.15, 0.2) is 4.34 Å². The zero-order chi connectivity index (χ0) is 12.5. The molecule has 96 valence electrons. The largest absolute Gasteiger partial charge is 0.399 e. The standard InChI is InChI=1S/C13H16N2OS2/c14-9-6-7-11-12(8-9)17-13(15-11)18(16)10-4-2-1-3-5-10/h6-8,10H,1-5,14H2. The van der Waals surface area contributed by atoms with Crippen LogP contribution in [0.4, 0.5) is 5.69 Å². The number of anilines is 1. The van der Waals surface area contributed by atoms with E-state index in [1.54, 1.807) is 0 Å². The topological polar surface area (TPSA) is 56.0 Å². The SMILES string of the molecule is Nc1ccc2nc(S(=O)C3CCCCC3)sc2c1. The number of aromatic nitrogens is 1. The van der Waals surface area contributed by atoms with E-state index in [1.165, 1.54) is 30.6 Å². The Morgan fingerprint density at radius 3 is 2.83 bits per heavy atom. The molecule has 0 amide bonds. The van der Waals surface area contributed by atoms with Crippen LogP contribution in [0, 0.1) is 0 Å². The maximum absolute atomic E-state index is 12.5. The maximum Gasteiger partial charge on any atom is 0.182 e. The molecule has 2 aromatic rings. The summed E-state index contributed by atoms with van der Waals surface area (Å²) >= 11 is 1.52. The van der Waals surface area contributed by atoms with E-state index in [9.17, 15) is 4.21 Å². The summed E-state index contributed by atoms with van der Waals surface area (Å²) in [5.74, 6) is 0. The lowest BCUT2D eigenvalue weighted by atomic mass is 10.0. The van der Waals surface area contributed by atoms with Gasteiger partial charge in [-0.05, 0) is 31.0 Å². The van der Waals surface area contributed by atoms with Gasteiger partial charge in [-0.2, -0.15) is 0 Å². The van der Waals surface area contributed by atoms with Crippen LogP contribution in [0.1, 0.15) is 32.1 Å². The minimum absolute atomic E-state index is 0.302. The Labute approximate surface area is 113 Å². The smallest absolute Gasteiger partial charge is 0.182 e. The first-order valence-electron chi connectivity index (χ1n) is 6.31. The van der Waals surface area contributed by atoms with E-state index < -0.39 is 10.8 Å². The number of benzene rings is 1. The van der Waals surface area contributed by atoms with Crippen molar-refractivity contribution >= 4 is 38.0 Å². The molecule has 1 heterocycles. The highest BCUT2D eigenvalue weighted by molar-refractivity contribution is 7.88. The molecule has 0 spiro atoms. The van der Waals surface area contributed by atoms with Crippen molar-refractivity contribution < 1.29 is 4.21 Å². The van der Waals surface area contributed by atoms with Crippen molar-refractivity contribution in [1.29, 1.82) is 0 Å². The molecule has 1 aromatic heterocycles. The Morgan fingerprint density at radius 1 is 1.28 bits per heavy atom. The van der Waals surface area contributed by atoms with Gasteiger partial charge in [0.1, 0.15) is 0 Å². The summed E-state index contributed by atoms with van der Waals surface area (Å²) in [5, 5.41) is 0.302. The zero-order valence-electron chi connectivity index (χ0n) is 10.1. The molecule has 1 aliphatic rings. The van der Waals surface area contributed by atoms with Gasteiger partial charge in [-0.25, -0.2) is 4.98 Å². The van der Waals surface area contributed by atoms with Gasteiger partial charge >= 0.3 is 0 Å². The summed E-state index contributed by atoms with van der Waals surface area (Å²) in [4.78, 5) is 4.49. The number of nitrogens with zero attached hydrogens (tertiary/aromatic N) is 1. The third-order valence-corrected chi connectivity index (χ3v) is 6.49. The van der Waals surface area contributed by atoms with Gasteiger partial charge in [-0.1, -0.05) is 19.3 Å². The van der Waals surface area contributed by atoms with Crippen LogP contribution in [0.3, 0.4) is 0 Å². The predicted molar refractivity (Wildman–Crippen MR) is 77.3 cm³/mol. The van der Waals surface area contributed by atoms with E-state index >= 15 is 0 Å². The molecule has 1 aromatic carbocycles. The maximum atomic E-state index is 12.5. The van der Waals surface area contributed by atoms with Crippen molar-refractivity contribution in [2.75, 3.05) is 5.73 Å². The molecule has 0 radical (unpaired) electrons. The van der Waals surface area contributed by atoms with Gasteiger partial charge in [0, 0.05) is 10.9 Å². The van der Waals surface area contributed by atoms with Crippen LogP contribution < -0.4 is 5.73 Å². The van der Waals surface area contributed by atoms with E-state index in [1.807, 2.05) is 18.2 Å². The Morgan fingerprint density at radius 2 is 2.06 bits per heavy atom. The molecule has 0 aliphatic heterocycles. The highest BCUT2D eigenvalue weighted by Crippen LogP contribution is 2.31. The molecular formula is C13H16N2OS2. The molecule has 1 fully saturated rings. The second kappa shape index (κ2) is 4.97. The third kappa shape index (κ3) is 2.29. The monoisotopic (exact) mass is 280 g/mol. The van der Waals surface area contributed by atoms with Crippen LogP contribution in [0.15, 0.2) is 22.5 Å². The molecule has 1 atom stereocenters. The number of fused-ring (bicyclic) bond motifs is 1. The molecule has 5 heteroatoms. The summed E-state index contributed by atoms with van der Waals surface area (Å²) in [6.07, 6.45) is 5.84. The van der Waals surface area contributed by atoms with Gasteiger partial charge in [-0.15, -0.1) is 11.3 Å². The summed E-state index contributed by atoms with van der Waals surface area (Å²) in [6.45, 7) is 0. The van der Waals surface area contributed by atoms with E-state index in [0.29, 0.717) is 5.25 Å². The molecular weight excluding hydrogens is 264 g/mol. The first-order valence-corrected chi connectivity index (χ1v) is 8.33. The highest BCUT2D eigenvalue weighted by Gasteiger charge is 2.23. The second-order valence-corrected chi connectivity index (χ2v) is 7.70. The van der Waals surface area contributed by atoms with Crippen molar-refractivity contribution in [3.63, 3.8) is 0 Å². The van der Waals surface area contributed by atoms with Gasteiger partial charge < -0.3 is 5.73 Å². The highest BCUT2D eigenvalue weighted by atomic mass is 32.2. The second-order valence-electron chi connectivity index (χ2n) is 4.76. The molecule has 3 rings (SSSR count). The number of hydrogen-bond donors (Lipinski definition) is 1. The predicted octanol–water partition coefficient (Wildman–Crippen LogP) is 3.32. The lowest BCUT2D eigenvalue weighted by Crippen LogP contribution is -2.18. The van der Waals surface area contributed by atoms with Crippen molar-refractivity contribution in [2.45, 2.75) is 41.7 Å². The Hall–Kier alpha value is -0.940. The molecule has 1 aliphatic carbocycles. The van der Waals surface area contributed by atoms with Crippen molar-refractivity contribution in [2.24, 2.45) is 0 Å². The third-order valence-electron chi connectivity index (χ3n) is 3.42. The quantitative estimate of drug-likeness (QED) is 0.859. The Balaban J connectivity index is 1.91. The average Bonchev–Trinajstić information content (AvgIpc) is 2.81. The van der Waals surface area contributed by atoms with Crippen LogP contribution in [0.25, 0.3) is 10.2 Å². The van der Waals surface area contributed by atoms with Gasteiger partial charge in [0.05, 0.1) is 21.0 Å². The molecule has 3 nitrogen and oxygen atoms in total. The Bertz CT molecular complexity index is 588. The van der Waals surface area contributed by atoms with Crippen molar-refractivity contribution in [3.05, 3.63) is 18.2 Å². The van der Waals surface area contributed by atoms with E-state index in [4.69, 9.17) is 5.73 Å². The number of nitrogens with two attached hydrogens (primary N) is 1. The number of rotatable bonds is 2. The number of nitrogen functional groups attached to an aromatic ring is 1. The van der Waals surface area contributed by atoms with Gasteiger partial charge in [0.25, 0.3) is 0 Å². The molecule has 18 heavy (non-hydrogen) atoms. The van der Waals surface area contributed by atoms with Gasteiger partial charge in [-0.3, -0.25) is 4.21 Å². The van der Waals surface area contributed by atoms with E-state index in [0.717, 1.165) is 33.1 Å². The summed E-state index contributed by atoms with van der Waals surface area (Å²) in [5.41, 5.74) is 7.40. The molecule has 2 N–H and O–H groups in total. The fourth-order valence-corrected chi connectivity index (χ4v) is 5.41. The molecule has 1 unspecified atom stereocenters. The van der Waals surface area contributed by atoms with Crippen LogP contribution >= 0.6 is 11.3 Å². The minimum atomic E-state index is -0.943. The van der Waals surface area contributed by atoms with Gasteiger partial charge in [0.2, 0.25) is 0 Å². The zero-order valence-corrected chi connectivity index (χ0v) is 11.7. The van der Waals surface area contributed by atoms with Crippen LogP contribution in [-0.2, 0) is 10.8 Å². The van der Waals surface area contributed by atoms with Crippen LogP contribution in [0.2, 0.25) is 0 Å². The van der Waals surface area contributed by atoms with E-state index in [-0.39, 0.29) is 0 Å². The fraction of sp³-hybridized carbons (Fsp3) is 0.462. The summed E-state index contributed by atoms with van der Waals surface area (Å²) < 4.78 is 14.3. The lowest BCUT2D eigenvalue weighted by molar-refractivity contribution is 0.504. The molecule has 0 bridgehead atoms. The van der Waals surface area contributed by atoms with Crippen molar-refractivity contribution in [1.82, 2.24) is 4.98 Å². The fourth-order valence-electron chi connectivity index (χ4n) is 2.43. The normalized spacial score (nSPS) is 19.1. The first kappa shape index (κ1) is 12.1. The minimum Gasteiger partial charge on any atom is -0.399 e. The number of hydrogen-bond acceptors (Lipinski definition) is 4.